The molecule has 2 aliphatic heterocycles. The van der Waals surface area contributed by atoms with Crippen molar-refractivity contribution < 1.29 is 13.2 Å². The van der Waals surface area contributed by atoms with Crippen molar-refractivity contribution in [2.75, 3.05) is 38.5 Å². The molecule has 0 saturated heterocycles. The molecule has 0 unspecified atom stereocenters. The van der Waals surface area contributed by atoms with Gasteiger partial charge in [-0.3, -0.25) is 4.79 Å². The predicted octanol–water partition coefficient (Wildman–Crippen LogP) is -0.0580. The van der Waals surface area contributed by atoms with Gasteiger partial charge in [-0.2, -0.15) is 0 Å². The topological polar surface area (TPSA) is 82.1 Å². The van der Waals surface area contributed by atoms with Crippen molar-refractivity contribution >= 4 is 21.8 Å². The molecule has 0 aromatic carbocycles. The second-order valence-electron chi connectivity index (χ2n) is 5.13. The van der Waals surface area contributed by atoms with Crippen molar-refractivity contribution in [1.82, 2.24) is 15.1 Å². The van der Waals surface area contributed by atoms with Crippen molar-refractivity contribution in [3.63, 3.8) is 0 Å². The van der Waals surface area contributed by atoms with Gasteiger partial charge in [0.2, 0.25) is 0 Å². The molecule has 0 bridgehead atoms. The Morgan fingerprint density at radius 2 is 2.09 bits per heavy atom. The van der Waals surface area contributed by atoms with E-state index in [0.29, 0.717) is 24.5 Å². The molecule has 7 nitrogen and oxygen atoms in total. The monoisotopic (exact) mass is 326 g/mol. The SMILES string of the molecule is CCN(CC)CCNC(=O)C1=CN2CCS(=O)(=O)N=C2C=C1. The predicted molar refractivity (Wildman–Crippen MR) is 85.9 cm³/mol. The first-order chi connectivity index (χ1) is 10.4. The normalized spacial score (nSPS) is 19.5. The van der Waals surface area contributed by atoms with Crippen LogP contribution in [0.15, 0.2) is 28.3 Å². The molecular formula is C14H22N4O3S. The summed E-state index contributed by atoms with van der Waals surface area (Å²) in [4.78, 5) is 16.0. The van der Waals surface area contributed by atoms with Gasteiger partial charge in [0.1, 0.15) is 5.84 Å². The first kappa shape index (κ1) is 16.7. The summed E-state index contributed by atoms with van der Waals surface area (Å²) in [5, 5.41) is 2.88. The van der Waals surface area contributed by atoms with E-state index in [1.807, 2.05) is 0 Å². The van der Waals surface area contributed by atoms with E-state index in [-0.39, 0.29) is 11.7 Å². The Kier molecular flexibility index (Phi) is 5.36. The second-order valence-corrected chi connectivity index (χ2v) is 6.88. The zero-order valence-corrected chi connectivity index (χ0v) is 13.8. The molecule has 2 aliphatic rings. The molecule has 0 fully saturated rings. The van der Waals surface area contributed by atoms with E-state index in [1.165, 1.54) is 0 Å². The van der Waals surface area contributed by atoms with E-state index in [2.05, 4.69) is 28.5 Å². The summed E-state index contributed by atoms with van der Waals surface area (Å²) in [6.45, 7) is 7.80. The minimum absolute atomic E-state index is 0.0301. The van der Waals surface area contributed by atoms with Gasteiger partial charge in [0, 0.05) is 25.8 Å². The number of fused-ring (bicyclic) bond motifs is 1. The first-order valence-electron chi connectivity index (χ1n) is 7.45. The van der Waals surface area contributed by atoms with E-state index in [4.69, 9.17) is 0 Å². The van der Waals surface area contributed by atoms with Crippen molar-refractivity contribution in [2.45, 2.75) is 13.8 Å². The maximum atomic E-state index is 12.1. The van der Waals surface area contributed by atoms with Gasteiger partial charge in [-0.25, -0.2) is 8.42 Å². The minimum atomic E-state index is -3.36. The summed E-state index contributed by atoms with van der Waals surface area (Å²) >= 11 is 0. The zero-order valence-electron chi connectivity index (χ0n) is 12.9. The fraction of sp³-hybridized carbons (Fsp3) is 0.571. The Morgan fingerprint density at radius 1 is 1.36 bits per heavy atom. The molecule has 8 heteroatoms. The lowest BCUT2D eigenvalue weighted by molar-refractivity contribution is -0.117. The average Bonchev–Trinajstić information content (AvgIpc) is 2.50. The number of likely N-dealkylation sites (N-methyl/N-ethyl adjacent to an activating group) is 1. The number of nitrogens with zero attached hydrogens (tertiary/aromatic N) is 3. The second kappa shape index (κ2) is 7.06. The Hall–Kier alpha value is -1.67. The molecular weight excluding hydrogens is 304 g/mol. The first-order valence-corrected chi connectivity index (χ1v) is 9.06. The standard InChI is InChI=1S/C14H22N4O3S/c1-3-17(4-2)8-7-15-14(19)12-5-6-13-16-22(20,21)10-9-18(13)11-12/h5-6,11H,3-4,7-10H2,1-2H3,(H,15,19). The van der Waals surface area contributed by atoms with Crippen molar-refractivity contribution in [3.8, 4) is 0 Å². The Bertz CT molecular complexity index is 618. The lowest BCUT2D eigenvalue weighted by atomic mass is 10.2. The highest BCUT2D eigenvalue weighted by atomic mass is 32.2. The van der Waals surface area contributed by atoms with Gasteiger partial charge in [0.25, 0.3) is 15.9 Å². The number of nitrogens with one attached hydrogen (secondary N) is 1. The molecule has 2 heterocycles. The molecule has 1 amide bonds. The van der Waals surface area contributed by atoms with Crippen LogP contribution in [0.3, 0.4) is 0 Å². The molecule has 0 atom stereocenters. The van der Waals surface area contributed by atoms with E-state index >= 15 is 0 Å². The summed E-state index contributed by atoms with van der Waals surface area (Å²) in [5.74, 6) is 0.180. The molecule has 0 radical (unpaired) electrons. The van der Waals surface area contributed by atoms with Crippen LogP contribution in [0.1, 0.15) is 13.8 Å². The molecule has 122 valence electrons. The van der Waals surface area contributed by atoms with E-state index < -0.39 is 10.0 Å². The summed E-state index contributed by atoms with van der Waals surface area (Å²) in [6.07, 6.45) is 4.82. The third-order valence-electron chi connectivity index (χ3n) is 3.69. The third-order valence-corrected chi connectivity index (χ3v) is 4.86. The Labute approximate surface area is 131 Å². The highest BCUT2D eigenvalue weighted by molar-refractivity contribution is 7.90. The average molecular weight is 326 g/mol. The maximum absolute atomic E-state index is 12.1. The molecule has 2 rings (SSSR count). The molecule has 0 saturated carbocycles. The fourth-order valence-electron chi connectivity index (χ4n) is 2.30. The largest absolute Gasteiger partial charge is 0.351 e. The van der Waals surface area contributed by atoms with Gasteiger partial charge in [-0.15, -0.1) is 4.40 Å². The van der Waals surface area contributed by atoms with Gasteiger partial charge < -0.3 is 15.1 Å². The van der Waals surface area contributed by atoms with Crippen LogP contribution in [0, 0.1) is 0 Å². The molecule has 0 aromatic rings. The van der Waals surface area contributed by atoms with E-state index in [9.17, 15) is 13.2 Å². The number of amidine groups is 1. The number of hydrogen-bond donors (Lipinski definition) is 1. The van der Waals surface area contributed by atoms with Gasteiger partial charge in [0.15, 0.2) is 0 Å². The van der Waals surface area contributed by atoms with Gasteiger partial charge in [-0.1, -0.05) is 13.8 Å². The van der Waals surface area contributed by atoms with Crippen molar-refractivity contribution in [3.05, 3.63) is 23.9 Å². The van der Waals surface area contributed by atoms with Crippen LogP contribution in [-0.2, 0) is 14.8 Å². The van der Waals surface area contributed by atoms with Crippen molar-refractivity contribution in [1.29, 1.82) is 0 Å². The van der Waals surface area contributed by atoms with E-state index in [0.717, 1.165) is 19.6 Å². The van der Waals surface area contributed by atoms with Crippen LogP contribution in [0.4, 0.5) is 0 Å². The third kappa shape index (κ3) is 4.17. The summed E-state index contributed by atoms with van der Waals surface area (Å²) in [5.41, 5.74) is 0.512. The summed E-state index contributed by atoms with van der Waals surface area (Å²) in [6, 6.07) is 0. The van der Waals surface area contributed by atoms with Crippen LogP contribution in [0.25, 0.3) is 0 Å². The molecule has 0 spiro atoms. The number of hydrogen-bond acceptors (Lipinski definition) is 5. The molecule has 1 N–H and O–H groups in total. The number of carbonyl (C=O) groups excluding carboxylic acids is 1. The van der Waals surface area contributed by atoms with Crippen LogP contribution in [-0.4, -0.2) is 68.4 Å². The van der Waals surface area contributed by atoms with Crippen molar-refractivity contribution in [2.24, 2.45) is 4.40 Å². The number of rotatable bonds is 6. The highest BCUT2D eigenvalue weighted by Gasteiger charge is 2.24. The Morgan fingerprint density at radius 3 is 2.77 bits per heavy atom. The van der Waals surface area contributed by atoms with Crippen LogP contribution >= 0.6 is 0 Å². The summed E-state index contributed by atoms with van der Waals surface area (Å²) < 4.78 is 26.5. The Balaban J connectivity index is 1.93. The van der Waals surface area contributed by atoms with Crippen LogP contribution in [0.5, 0.6) is 0 Å². The van der Waals surface area contributed by atoms with E-state index in [1.54, 1.807) is 23.3 Å². The highest BCUT2D eigenvalue weighted by Crippen LogP contribution is 2.15. The zero-order chi connectivity index (χ0) is 16.2. The number of amides is 1. The lowest BCUT2D eigenvalue weighted by Gasteiger charge is -2.27. The lowest BCUT2D eigenvalue weighted by Crippen LogP contribution is -2.39. The van der Waals surface area contributed by atoms with Gasteiger partial charge in [0.05, 0.1) is 11.3 Å². The van der Waals surface area contributed by atoms with Crippen LogP contribution in [0.2, 0.25) is 0 Å². The van der Waals surface area contributed by atoms with Gasteiger partial charge >= 0.3 is 0 Å². The smallest absolute Gasteiger partial charge is 0.256 e. The van der Waals surface area contributed by atoms with Crippen LogP contribution < -0.4 is 5.32 Å². The molecule has 22 heavy (non-hydrogen) atoms. The number of carbonyl (C=O) groups is 1. The fourth-order valence-corrected chi connectivity index (χ4v) is 3.27. The number of sulfonamides is 1. The summed E-state index contributed by atoms with van der Waals surface area (Å²) in [7, 11) is -3.36. The molecule has 0 aliphatic carbocycles. The molecule has 0 aromatic heterocycles. The van der Waals surface area contributed by atoms with Gasteiger partial charge in [-0.05, 0) is 25.2 Å². The minimum Gasteiger partial charge on any atom is -0.351 e. The quantitative estimate of drug-likeness (QED) is 0.739. The maximum Gasteiger partial charge on any atom is 0.256 e.